The molecule has 1 rings (SSSR count). The molecule has 1 atom stereocenters. The van der Waals surface area contributed by atoms with Crippen LogP contribution in [0.25, 0.3) is 0 Å². The van der Waals surface area contributed by atoms with E-state index in [-0.39, 0.29) is 6.04 Å². The lowest BCUT2D eigenvalue weighted by molar-refractivity contribution is 0.220. The molecule has 0 heterocycles. The Morgan fingerprint density at radius 2 is 1.74 bits per heavy atom. The molecule has 0 aliphatic rings. The van der Waals surface area contributed by atoms with Gasteiger partial charge in [0.2, 0.25) is 0 Å². The minimum absolute atomic E-state index is 0.220. The fourth-order valence-corrected chi connectivity index (χ4v) is 3.36. The molecule has 1 aromatic carbocycles. The average molecular weight is 285 g/mol. The summed E-state index contributed by atoms with van der Waals surface area (Å²) in [5.74, 6) is 0. The highest BCUT2D eigenvalue weighted by Crippen LogP contribution is 2.47. The molecule has 0 saturated carbocycles. The first-order valence-corrected chi connectivity index (χ1v) is 8.50. The summed E-state index contributed by atoms with van der Waals surface area (Å²) in [5, 5.41) is 3.34. The molecule has 0 amide bonds. The maximum absolute atomic E-state index is 12.2. The summed E-state index contributed by atoms with van der Waals surface area (Å²) in [6, 6.07) is 10.4. The summed E-state index contributed by atoms with van der Waals surface area (Å²) in [4.78, 5) is 0. The highest BCUT2D eigenvalue weighted by molar-refractivity contribution is 7.53. The highest BCUT2D eigenvalue weighted by atomic mass is 31.2. The van der Waals surface area contributed by atoms with Crippen LogP contribution >= 0.6 is 7.60 Å². The van der Waals surface area contributed by atoms with Crippen LogP contribution in [-0.2, 0) is 13.6 Å². The normalized spacial score (nSPS) is 13.4. The van der Waals surface area contributed by atoms with Crippen molar-refractivity contribution < 1.29 is 13.6 Å². The van der Waals surface area contributed by atoms with Crippen molar-refractivity contribution >= 4 is 7.60 Å². The third kappa shape index (κ3) is 5.87. The first kappa shape index (κ1) is 16.4. The maximum atomic E-state index is 12.2. The lowest BCUT2D eigenvalue weighted by atomic mass is 10.1. The Balaban J connectivity index is 2.42. The number of benzene rings is 1. The van der Waals surface area contributed by atoms with Gasteiger partial charge in [0, 0.05) is 12.6 Å². The van der Waals surface area contributed by atoms with Crippen LogP contribution in [0.2, 0.25) is 0 Å². The number of nitrogens with one attached hydrogen (secondary N) is 1. The van der Waals surface area contributed by atoms with E-state index in [1.54, 1.807) is 0 Å². The molecule has 5 heteroatoms. The predicted molar refractivity (Wildman–Crippen MR) is 78.6 cm³/mol. The van der Waals surface area contributed by atoms with Crippen LogP contribution in [0, 0.1) is 0 Å². The zero-order valence-corrected chi connectivity index (χ0v) is 12.9. The van der Waals surface area contributed by atoms with Gasteiger partial charge < -0.3 is 14.4 Å². The molecule has 0 bridgehead atoms. The summed E-state index contributed by atoms with van der Waals surface area (Å²) < 4.78 is 22.7. The van der Waals surface area contributed by atoms with Crippen LogP contribution in [0.15, 0.2) is 30.3 Å². The summed E-state index contributed by atoms with van der Waals surface area (Å²) >= 11 is 0. The zero-order chi connectivity index (χ0) is 14.1. The maximum Gasteiger partial charge on any atom is 0.331 e. The molecule has 0 unspecified atom stereocenters. The molecule has 4 nitrogen and oxygen atoms in total. The first-order chi connectivity index (χ1) is 9.11. The van der Waals surface area contributed by atoms with E-state index >= 15 is 0 Å². The second kappa shape index (κ2) is 8.49. The topological polar surface area (TPSA) is 47.6 Å². The molecule has 1 aromatic rings. The van der Waals surface area contributed by atoms with Gasteiger partial charge in [-0.3, -0.25) is 4.57 Å². The van der Waals surface area contributed by atoms with E-state index in [4.69, 9.17) is 9.05 Å². The highest BCUT2D eigenvalue weighted by Gasteiger charge is 2.22. The fraction of sp³-hybridized carbons (Fsp3) is 0.571. The van der Waals surface area contributed by atoms with Crippen molar-refractivity contribution in [2.75, 3.05) is 25.9 Å². The lowest BCUT2D eigenvalue weighted by Crippen LogP contribution is -2.23. The standard InChI is InChI=1S/C14H24NO3P/c1-4-17-19(16,18-5-2)12-11-15-13(3)14-9-7-6-8-10-14/h6-10,13,15H,4-5,11-12H2,1-3H3/t13-/m1/s1. The molecule has 19 heavy (non-hydrogen) atoms. The third-order valence-electron chi connectivity index (χ3n) is 2.79. The van der Waals surface area contributed by atoms with Crippen molar-refractivity contribution in [2.24, 2.45) is 0 Å². The van der Waals surface area contributed by atoms with Gasteiger partial charge >= 0.3 is 7.60 Å². The van der Waals surface area contributed by atoms with Crippen molar-refractivity contribution in [3.05, 3.63) is 35.9 Å². The Hall–Kier alpha value is -0.670. The molecular weight excluding hydrogens is 261 g/mol. The van der Waals surface area contributed by atoms with Crippen LogP contribution < -0.4 is 5.32 Å². The van der Waals surface area contributed by atoms with Gasteiger partial charge in [0.25, 0.3) is 0 Å². The van der Waals surface area contributed by atoms with Gasteiger partial charge in [-0.25, -0.2) is 0 Å². The van der Waals surface area contributed by atoms with Gasteiger partial charge in [-0.15, -0.1) is 0 Å². The van der Waals surface area contributed by atoms with Crippen molar-refractivity contribution in [3.8, 4) is 0 Å². The van der Waals surface area contributed by atoms with Gasteiger partial charge in [0.15, 0.2) is 0 Å². The Morgan fingerprint density at radius 3 is 2.26 bits per heavy atom. The SMILES string of the molecule is CCOP(=O)(CCN[C@H](C)c1ccccc1)OCC. The van der Waals surface area contributed by atoms with Crippen LogP contribution in [0.5, 0.6) is 0 Å². The summed E-state index contributed by atoms with van der Waals surface area (Å²) in [7, 11) is -2.93. The molecule has 108 valence electrons. The molecule has 0 spiro atoms. The van der Waals surface area contributed by atoms with Gasteiger partial charge in [0.1, 0.15) is 0 Å². The minimum atomic E-state index is -2.93. The van der Waals surface area contributed by atoms with E-state index in [1.807, 2.05) is 32.0 Å². The van der Waals surface area contributed by atoms with Crippen molar-refractivity contribution in [1.82, 2.24) is 5.32 Å². The minimum Gasteiger partial charge on any atom is -0.310 e. The fourth-order valence-electron chi connectivity index (χ4n) is 1.84. The molecule has 0 fully saturated rings. The van der Waals surface area contributed by atoms with E-state index in [9.17, 15) is 4.57 Å². The molecule has 0 aromatic heterocycles. The van der Waals surface area contributed by atoms with Crippen LogP contribution in [-0.4, -0.2) is 25.9 Å². The van der Waals surface area contributed by atoms with Crippen LogP contribution in [0.3, 0.4) is 0 Å². The van der Waals surface area contributed by atoms with E-state index in [0.29, 0.717) is 25.9 Å². The zero-order valence-electron chi connectivity index (χ0n) is 12.0. The predicted octanol–water partition coefficient (Wildman–Crippen LogP) is 3.60. The van der Waals surface area contributed by atoms with E-state index in [2.05, 4.69) is 24.4 Å². The van der Waals surface area contributed by atoms with Crippen molar-refractivity contribution in [3.63, 3.8) is 0 Å². The van der Waals surface area contributed by atoms with Crippen molar-refractivity contribution in [2.45, 2.75) is 26.8 Å². The molecule has 0 radical (unpaired) electrons. The van der Waals surface area contributed by atoms with E-state index in [0.717, 1.165) is 0 Å². The van der Waals surface area contributed by atoms with Gasteiger partial charge in [-0.2, -0.15) is 0 Å². The molecular formula is C14H24NO3P. The molecule has 0 aliphatic heterocycles. The number of hydrogen-bond acceptors (Lipinski definition) is 4. The number of rotatable bonds is 9. The average Bonchev–Trinajstić information content (AvgIpc) is 2.40. The van der Waals surface area contributed by atoms with Gasteiger partial charge in [-0.05, 0) is 26.3 Å². The second-order valence-corrected chi connectivity index (χ2v) is 6.44. The third-order valence-corrected chi connectivity index (χ3v) is 4.86. The molecule has 0 aliphatic carbocycles. The second-order valence-electron chi connectivity index (χ2n) is 4.26. The van der Waals surface area contributed by atoms with Gasteiger partial charge in [0.05, 0.1) is 19.4 Å². The largest absolute Gasteiger partial charge is 0.331 e. The number of hydrogen-bond donors (Lipinski definition) is 1. The quantitative estimate of drug-likeness (QED) is 0.704. The Morgan fingerprint density at radius 1 is 1.16 bits per heavy atom. The van der Waals surface area contributed by atoms with Crippen LogP contribution in [0.1, 0.15) is 32.4 Å². The monoisotopic (exact) mass is 285 g/mol. The smallest absolute Gasteiger partial charge is 0.310 e. The van der Waals surface area contributed by atoms with Gasteiger partial charge in [-0.1, -0.05) is 30.3 Å². The summed E-state index contributed by atoms with van der Waals surface area (Å²) in [6.07, 6.45) is 0.395. The van der Waals surface area contributed by atoms with Crippen LogP contribution in [0.4, 0.5) is 0 Å². The summed E-state index contributed by atoms with van der Waals surface area (Å²) in [6.45, 7) is 7.16. The first-order valence-electron chi connectivity index (χ1n) is 6.77. The van der Waals surface area contributed by atoms with Crippen molar-refractivity contribution in [1.29, 1.82) is 0 Å². The van der Waals surface area contributed by atoms with E-state index < -0.39 is 7.60 Å². The Bertz CT molecular complexity index is 387. The van der Waals surface area contributed by atoms with E-state index in [1.165, 1.54) is 5.56 Å². The molecule has 0 saturated heterocycles. The summed E-state index contributed by atoms with van der Waals surface area (Å²) in [5.41, 5.74) is 1.21. The lowest BCUT2D eigenvalue weighted by Gasteiger charge is -2.19. The Kier molecular flexibility index (Phi) is 7.32. The molecule has 1 N–H and O–H groups in total. The Labute approximate surface area is 116 Å².